The first-order valence-electron chi connectivity index (χ1n) is 6.06. The van der Waals surface area contributed by atoms with Gasteiger partial charge in [-0.2, -0.15) is 5.10 Å². The fraction of sp³-hybridized carbons (Fsp3) is 0.0667. The maximum absolute atomic E-state index is 5.81. The summed E-state index contributed by atoms with van der Waals surface area (Å²) in [6.07, 6.45) is 1.68. The lowest BCUT2D eigenvalue weighted by molar-refractivity contribution is 1.05. The fourth-order valence-electron chi connectivity index (χ4n) is 1.51. The predicted octanol–water partition coefficient (Wildman–Crippen LogP) is 3.97. The molecular formula is C15H14ClN3S. The fourth-order valence-corrected chi connectivity index (χ4v) is 1.81. The number of aryl methyl sites for hydroxylation is 1. The number of halogens is 1. The second kappa shape index (κ2) is 7.03. The van der Waals surface area contributed by atoms with Crippen molar-refractivity contribution in [3.63, 3.8) is 0 Å². The minimum absolute atomic E-state index is 0.444. The SMILES string of the molecule is Cc1ccc(NC(=S)N/N=C\c2ccc(Cl)cc2)cc1. The van der Waals surface area contributed by atoms with E-state index >= 15 is 0 Å². The summed E-state index contributed by atoms with van der Waals surface area (Å²) in [7, 11) is 0. The van der Waals surface area contributed by atoms with Gasteiger partial charge < -0.3 is 5.32 Å². The molecular weight excluding hydrogens is 290 g/mol. The van der Waals surface area contributed by atoms with Crippen molar-refractivity contribution in [3.8, 4) is 0 Å². The monoisotopic (exact) mass is 303 g/mol. The van der Waals surface area contributed by atoms with Crippen LogP contribution in [0, 0.1) is 6.92 Å². The van der Waals surface area contributed by atoms with E-state index in [1.165, 1.54) is 5.56 Å². The third-order valence-corrected chi connectivity index (χ3v) is 3.00. The third-order valence-electron chi connectivity index (χ3n) is 2.56. The summed E-state index contributed by atoms with van der Waals surface area (Å²) in [4.78, 5) is 0. The topological polar surface area (TPSA) is 36.4 Å². The van der Waals surface area contributed by atoms with E-state index in [0.717, 1.165) is 11.3 Å². The highest BCUT2D eigenvalue weighted by Crippen LogP contribution is 2.09. The van der Waals surface area contributed by atoms with Crippen molar-refractivity contribution in [1.29, 1.82) is 0 Å². The molecule has 0 aliphatic rings. The minimum atomic E-state index is 0.444. The Morgan fingerprint density at radius 3 is 2.40 bits per heavy atom. The summed E-state index contributed by atoms with van der Waals surface area (Å²) in [6.45, 7) is 2.04. The normalized spacial score (nSPS) is 10.5. The van der Waals surface area contributed by atoms with Crippen LogP contribution in [0.2, 0.25) is 5.02 Å². The van der Waals surface area contributed by atoms with Crippen LogP contribution >= 0.6 is 23.8 Å². The number of benzene rings is 2. The first-order chi connectivity index (χ1) is 9.63. The lowest BCUT2D eigenvalue weighted by atomic mass is 10.2. The van der Waals surface area contributed by atoms with Gasteiger partial charge in [0.05, 0.1) is 6.21 Å². The smallest absolute Gasteiger partial charge is 0.191 e. The second-order valence-electron chi connectivity index (χ2n) is 4.24. The van der Waals surface area contributed by atoms with E-state index in [0.29, 0.717) is 10.1 Å². The van der Waals surface area contributed by atoms with E-state index in [-0.39, 0.29) is 0 Å². The lowest BCUT2D eigenvalue weighted by Crippen LogP contribution is -2.23. The molecule has 0 fully saturated rings. The molecule has 0 saturated heterocycles. The molecule has 2 aromatic carbocycles. The number of hydrogen-bond donors (Lipinski definition) is 2. The summed E-state index contributed by atoms with van der Waals surface area (Å²) in [5, 5.41) is 8.26. The number of thiocarbonyl (C=S) groups is 1. The molecule has 0 spiro atoms. The molecule has 0 bridgehead atoms. The predicted molar refractivity (Wildman–Crippen MR) is 89.6 cm³/mol. The molecule has 0 amide bonds. The van der Waals surface area contributed by atoms with Gasteiger partial charge >= 0.3 is 0 Å². The summed E-state index contributed by atoms with van der Waals surface area (Å²) >= 11 is 11.0. The van der Waals surface area contributed by atoms with Crippen LogP contribution in [0.15, 0.2) is 53.6 Å². The number of anilines is 1. The van der Waals surface area contributed by atoms with E-state index in [9.17, 15) is 0 Å². The van der Waals surface area contributed by atoms with Crippen molar-refractivity contribution in [3.05, 3.63) is 64.7 Å². The highest BCUT2D eigenvalue weighted by atomic mass is 35.5. The van der Waals surface area contributed by atoms with Gasteiger partial charge in [-0.05, 0) is 49.0 Å². The van der Waals surface area contributed by atoms with Gasteiger partial charge in [-0.25, -0.2) is 0 Å². The van der Waals surface area contributed by atoms with E-state index in [1.54, 1.807) is 6.21 Å². The molecule has 0 unspecified atom stereocenters. The molecule has 5 heteroatoms. The third kappa shape index (κ3) is 4.64. The van der Waals surface area contributed by atoms with Crippen LogP contribution in [0.3, 0.4) is 0 Å². The molecule has 20 heavy (non-hydrogen) atoms. The van der Waals surface area contributed by atoms with Crippen molar-refractivity contribution in [1.82, 2.24) is 5.43 Å². The average Bonchev–Trinajstić information content (AvgIpc) is 2.44. The largest absolute Gasteiger partial charge is 0.331 e. The summed E-state index contributed by atoms with van der Waals surface area (Å²) in [6, 6.07) is 15.3. The Labute approximate surface area is 128 Å². The average molecular weight is 304 g/mol. The Balaban J connectivity index is 1.85. The van der Waals surface area contributed by atoms with E-state index in [1.807, 2.05) is 55.5 Å². The van der Waals surface area contributed by atoms with Gasteiger partial charge in [-0.1, -0.05) is 41.4 Å². The van der Waals surface area contributed by atoms with E-state index < -0.39 is 0 Å². The Kier molecular flexibility index (Phi) is 5.09. The zero-order valence-corrected chi connectivity index (χ0v) is 12.5. The summed E-state index contributed by atoms with van der Waals surface area (Å²) in [5.74, 6) is 0. The summed E-state index contributed by atoms with van der Waals surface area (Å²) < 4.78 is 0. The number of nitrogens with one attached hydrogen (secondary N) is 2. The van der Waals surface area contributed by atoms with Crippen molar-refractivity contribution >= 4 is 40.8 Å². The van der Waals surface area contributed by atoms with Crippen molar-refractivity contribution in [2.75, 3.05) is 5.32 Å². The quantitative estimate of drug-likeness (QED) is 0.512. The van der Waals surface area contributed by atoms with Gasteiger partial charge in [0, 0.05) is 10.7 Å². The van der Waals surface area contributed by atoms with Crippen LogP contribution in [-0.2, 0) is 0 Å². The molecule has 2 N–H and O–H groups in total. The molecule has 0 atom stereocenters. The zero-order chi connectivity index (χ0) is 14.4. The Bertz CT molecular complexity index is 606. The van der Waals surface area contributed by atoms with Crippen LogP contribution in [0.4, 0.5) is 5.69 Å². The number of rotatable bonds is 3. The second-order valence-corrected chi connectivity index (χ2v) is 5.09. The van der Waals surface area contributed by atoms with Gasteiger partial charge in [0.15, 0.2) is 5.11 Å². The summed E-state index contributed by atoms with van der Waals surface area (Å²) in [5.41, 5.74) is 5.84. The highest BCUT2D eigenvalue weighted by Gasteiger charge is 1.95. The van der Waals surface area contributed by atoms with Crippen LogP contribution in [0.25, 0.3) is 0 Å². The number of hydrogen-bond acceptors (Lipinski definition) is 2. The molecule has 0 radical (unpaired) electrons. The van der Waals surface area contributed by atoms with Gasteiger partial charge in [0.2, 0.25) is 0 Å². The molecule has 0 aromatic heterocycles. The van der Waals surface area contributed by atoms with Gasteiger partial charge in [-0.3, -0.25) is 5.43 Å². The molecule has 0 saturated carbocycles. The number of nitrogens with zero attached hydrogens (tertiary/aromatic N) is 1. The minimum Gasteiger partial charge on any atom is -0.331 e. The molecule has 0 aliphatic carbocycles. The Hall–Kier alpha value is -1.91. The number of hydrazone groups is 1. The maximum Gasteiger partial charge on any atom is 0.191 e. The van der Waals surface area contributed by atoms with Crippen molar-refractivity contribution in [2.24, 2.45) is 5.10 Å². The zero-order valence-electron chi connectivity index (χ0n) is 10.9. The maximum atomic E-state index is 5.81. The molecule has 0 aliphatic heterocycles. The van der Waals surface area contributed by atoms with Gasteiger partial charge in [0.25, 0.3) is 0 Å². The van der Waals surface area contributed by atoms with Gasteiger partial charge in [0.1, 0.15) is 0 Å². The highest BCUT2D eigenvalue weighted by molar-refractivity contribution is 7.80. The molecule has 0 heterocycles. The Morgan fingerprint density at radius 2 is 1.75 bits per heavy atom. The molecule has 2 aromatic rings. The van der Waals surface area contributed by atoms with Gasteiger partial charge in [-0.15, -0.1) is 0 Å². The van der Waals surface area contributed by atoms with Crippen LogP contribution in [0.5, 0.6) is 0 Å². The van der Waals surface area contributed by atoms with E-state index in [2.05, 4.69) is 15.8 Å². The van der Waals surface area contributed by atoms with E-state index in [4.69, 9.17) is 23.8 Å². The lowest BCUT2D eigenvalue weighted by Gasteiger charge is -2.06. The molecule has 3 nitrogen and oxygen atoms in total. The van der Waals surface area contributed by atoms with Crippen molar-refractivity contribution < 1.29 is 0 Å². The standard InChI is InChI=1S/C15H14ClN3S/c1-11-2-8-14(9-3-11)18-15(20)19-17-10-12-4-6-13(16)7-5-12/h2-10H,1H3,(H2,18,19,20)/b17-10-. The molecule has 2 rings (SSSR count). The first kappa shape index (κ1) is 14.5. The van der Waals surface area contributed by atoms with Crippen LogP contribution < -0.4 is 10.7 Å². The Morgan fingerprint density at radius 1 is 1.10 bits per heavy atom. The van der Waals surface area contributed by atoms with Crippen LogP contribution in [0.1, 0.15) is 11.1 Å². The van der Waals surface area contributed by atoms with Crippen molar-refractivity contribution in [2.45, 2.75) is 6.92 Å². The molecule has 102 valence electrons. The van der Waals surface area contributed by atoms with Crippen LogP contribution in [-0.4, -0.2) is 11.3 Å². The first-order valence-corrected chi connectivity index (χ1v) is 6.84.